The van der Waals surface area contributed by atoms with Crippen LogP contribution < -0.4 is 0 Å². The predicted octanol–water partition coefficient (Wildman–Crippen LogP) is 4.87. The van der Waals surface area contributed by atoms with Crippen LogP contribution in [0.3, 0.4) is 0 Å². The smallest absolute Gasteiger partial charge is 0.310 e. The summed E-state index contributed by atoms with van der Waals surface area (Å²) in [6.07, 6.45) is 5.33. The Kier molecular flexibility index (Phi) is 4.33. The number of hydrogen-bond acceptors (Lipinski definition) is 5. The molecule has 0 N–H and O–H groups in total. The van der Waals surface area contributed by atoms with Crippen LogP contribution in [-0.2, 0) is 0 Å². The molecule has 3 heterocycles. The van der Waals surface area contributed by atoms with Crippen molar-refractivity contribution in [3.05, 3.63) is 95.2 Å². The minimum absolute atomic E-state index is 0.238. The lowest BCUT2D eigenvalue weighted by Gasteiger charge is -2.21. The highest BCUT2D eigenvalue weighted by molar-refractivity contribution is 6.30. The summed E-state index contributed by atoms with van der Waals surface area (Å²) in [6, 6.07) is 16.2. The van der Waals surface area contributed by atoms with E-state index in [4.69, 9.17) is 16.0 Å². The Morgan fingerprint density at radius 1 is 1.03 bits per heavy atom. The first kappa shape index (κ1) is 17.6. The zero-order chi connectivity index (χ0) is 19.8. The average Bonchev–Trinajstić information content (AvgIpc) is 3.44. The first-order chi connectivity index (χ1) is 14.2. The van der Waals surface area contributed by atoms with Gasteiger partial charge in [-0.25, -0.2) is 5.01 Å². The molecule has 0 saturated carbocycles. The number of carbonyl (C=O) groups is 1. The maximum atomic E-state index is 13.1. The van der Waals surface area contributed by atoms with Crippen LogP contribution >= 0.6 is 11.6 Å². The van der Waals surface area contributed by atoms with Crippen molar-refractivity contribution in [2.75, 3.05) is 0 Å². The Morgan fingerprint density at radius 2 is 1.86 bits per heavy atom. The molecule has 4 aromatic rings. The van der Waals surface area contributed by atoms with Gasteiger partial charge in [0.15, 0.2) is 5.76 Å². The molecule has 0 aliphatic carbocycles. The van der Waals surface area contributed by atoms with Gasteiger partial charge < -0.3 is 4.42 Å². The number of furan rings is 1. The van der Waals surface area contributed by atoms with Crippen LogP contribution in [-0.4, -0.2) is 26.6 Å². The predicted molar refractivity (Wildman–Crippen MR) is 110 cm³/mol. The number of aromatic nitrogens is 2. The highest BCUT2D eigenvalue weighted by Crippen LogP contribution is 2.36. The molecule has 2 aromatic heterocycles. The van der Waals surface area contributed by atoms with Crippen molar-refractivity contribution in [3.8, 4) is 0 Å². The van der Waals surface area contributed by atoms with E-state index in [1.807, 2.05) is 42.5 Å². The Labute approximate surface area is 171 Å². The molecule has 6 nitrogen and oxygen atoms in total. The first-order valence-corrected chi connectivity index (χ1v) is 9.48. The van der Waals surface area contributed by atoms with E-state index in [1.165, 1.54) is 11.3 Å². The lowest BCUT2D eigenvalue weighted by Crippen LogP contribution is -2.27. The van der Waals surface area contributed by atoms with Gasteiger partial charge in [0, 0.05) is 29.4 Å². The molecule has 0 fully saturated rings. The average molecular weight is 403 g/mol. The highest BCUT2D eigenvalue weighted by atomic mass is 35.5. The fourth-order valence-electron chi connectivity index (χ4n) is 3.55. The normalized spacial score (nSPS) is 16.2. The second-order valence-corrected chi connectivity index (χ2v) is 7.11. The summed E-state index contributed by atoms with van der Waals surface area (Å²) in [6.45, 7) is 0. The Balaban J connectivity index is 1.61. The van der Waals surface area contributed by atoms with Crippen molar-refractivity contribution in [1.82, 2.24) is 15.0 Å². The van der Waals surface area contributed by atoms with Gasteiger partial charge in [-0.1, -0.05) is 35.9 Å². The zero-order valence-corrected chi connectivity index (χ0v) is 16.0. The number of fused-ring (bicyclic) bond motifs is 1. The topological polar surface area (TPSA) is 71.6 Å². The van der Waals surface area contributed by atoms with Gasteiger partial charge in [-0.15, -0.1) is 0 Å². The second-order valence-electron chi connectivity index (χ2n) is 6.67. The van der Waals surface area contributed by atoms with Gasteiger partial charge in [0.2, 0.25) is 0 Å². The van der Waals surface area contributed by atoms with E-state index >= 15 is 0 Å². The molecular formula is C22H15ClN4O2. The van der Waals surface area contributed by atoms with Crippen LogP contribution in [0, 0.1) is 0 Å². The maximum absolute atomic E-state index is 13.1. The van der Waals surface area contributed by atoms with Gasteiger partial charge in [-0.3, -0.25) is 14.8 Å². The molecule has 0 saturated heterocycles. The van der Waals surface area contributed by atoms with Gasteiger partial charge in [-0.05, 0) is 35.9 Å². The molecule has 2 aromatic carbocycles. The fraction of sp³-hybridized carbons (Fsp3) is 0.0909. The van der Waals surface area contributed by atoms with Gasteiger partial charge in [0.1, 0.15) is 0 Å². The minimum atomic E-state index is -0.321. The van der Waals surface area contributed by atoms with Crippen LogP contribution in [0.15, 0.2) is 82.8 Å². The van der Waals surface area contributed by atoms with Gasteiger partial charge >= 0.3 is 5.91 Å². The molecule has 1 aliphatic heterocycles. The molecule has 142 valence electrons. The van der Waals surface area contributed by atoms with E-state index in [-0.39, 0.29) is 17.7 Å². The summed E-state index contributed by atoms with van der Waals surface area (Å²) < 4.78 is 5.33. The van der Waals surface area contributed by atoms with Gasteiger partial charge in [0.05, 0.1) is 29.1 Å². The van der Waals surface area contributed by atoms with Crippen LogP contribution in [0.5, 0.6) is 0 Å². The number of halogens is 1. The second kappa shape index (κ2) is 7.14. The number of carbonyl (C=O) groups excluding carboxylic acids is 1. The van der Waals surface area contributed by atoms with E-state index < -0.39 is 0 Å². The van der Waals surface area contributed by atoms with E-state index in [1.54, 1.807) is 24.5 Å². The molecule has 0 spiro atoms. The summed E-state index contributed by atoms with van der Waals surface area (Å²) in [5.41, 5.74) is 4.14. The van der Waals surface area contributed by atoms with Crippen LogP contribution in [0.2, 0.25) is 5.02 Å². The first-order valence-electron chi connectivity index (χ1n) is 9.11. The van der Waals surface area contributed by atoms with Gasteiger partial charge in [0.25, 0.3) is 0 Å². The Morgan fingerprint density at radius 3 is 2.66 bits per heavy atom. The SMILES string of the molecule is O=C(c1ccco1)N1N=C(c2ccc(Cl)cc2)CC1c1cccc2nccnc12. The van der Waals surface area contributed by atoms with Crippen molar-refractivity contribution in [3.63, 3.8) is 0 Å². The fourth-order valence-corrected chi connectivity index (χ4v) is 3.68. The van der Waals surface area contributed by atoms with Gasteiger partial charge in [-0.2, -0.15) is 5.10 Å². The number of hydrogen-bond donors (Lipinski definition) is 0. The molecule has 5 rings (SSSR count). The zero-order valence-electron chi connectivity index (χ0n) is 15.2. The van der Waals surface area contributed by atoms with Crippen molar-refractivity contribution >= 4 is 34.3 Å². The molecule has 1 amide bonds. The lowest BCUT2D eigenvalue weighted by atomic mass is 9.97. The Bertz CT molecular complexity index is 1210. The quantitative estimate of drug-likeness (QED) is 0.490. The van der Waals surface area contributed by atoms with Crippen LogP contribution in [0.4, 0.5) is 0 Å². The van der Waals surface area contributed by atoms with E-state index in [9.17, 15) is 4.79 Å². The third kappa shape index (κ3) is 3.17. The molecular weight excluding hydrogens is 388 g/mol. The lowest BCUT2D eigenvalue weighted by molar-refractivity contribution is 0.0679. The number of benzene rings is 2. The molecule has 1 unspecified atom stereocenters. The summed E-state index contributed by atoms with van der Waals surface area (Å²) in [5.74, 6) is -0.0627. The molecule has 1 atom stereocenters. The number of rotatable bonds is 3. The monoisotopic (exact) mass is 402 g/mol. The van der Waals surface area contributed by atoms with Crippen molar-refractivity contribution in [2.45, 2.75) is 12.5 Å². The summed E-state index contributed by atoms with van der Waals surface area (Å²) in [4.78, 5) is 22.0. The largest absolute Gasteiger partial charge is 0.459 e. The number of hydrazone groups is 1. The van der Waals surface area contributed by atoms with Crippen molar-refractivity contribution in [2.24, 2.45) is 5.10 Å². The molecule has 7 heteroatoms. The third-order valence-electron chi connectivity index (χ3n) is 4.92. The number of nitrogens with zero attached hydrogens (tertiary/aromatic N) is 4. The summed E-state index contributed by atoms with van der Waals surface area (Å²) in [5, 5.41) is 6.79. The van der Waals surface area contributed by atoms with Crippen molar-refractivity contribution < 1.29 is 9.21 Å². The summed E-state index contributed by atoms with van der Waals surface area (Å²) in [7, 11) is 0. The van der Waals surface area contributed by atoms with E-state index in [2.05, 4.69) is 15.1 Å². The highest BCUT2D eigenvalue weighted by Gasteiger charge is 2.35. The molecule has 1 aliphatic rings. The number of amides is 1. The molecule has 0 radical (unpaired) electrons. The minimum Gasteiger partial charge on any atom is -0.459 e. The van der Waals surface area contributed by atoms with Crippen LogP contribution in [0.25, 0.3) is 11.0 Å². The number of para-hydroxylation sites is 1. The third-order valence-corrected chi connectivity index (χ3v) is 5.17. The van der Waals surface area contributed by atoms with E-state index in [0.29, 0.717) is 11.4 Å². The summed E-state index contributed by atoms with van der Waals surface area (Å²) >= 11 is 6.02. The maximum Gasteiger partial charge on any atom is 0.310 e. The van der Waals surface area contributed by atoms with Crippen molar-refractivity contribution in [1.29, 1.82) is 0 Å². The molecule has 29 heavy (non-hydrogen) atoms. The Hall–Kier alpha value is -3.51. The van der Waals surface area contributed by atoms with E-state index in [0.717, 1.165) is 27.9 Å². The molecule has 0 bridgehead atoms. The standard InChI is InChI=1S/C22H15ClN4O2/c23-15-8-6-14(7-9-15)18-13-19(27(26-18)22(28)20-5-2-12-29-20)16-3-1-4-17-21(16)25-11-10-24-17/h1-12,19H,13H2. The van der Waals surface area contributed by atoms with Crippen LogP contribution in [0.1, 0.15) is 34.1 Å².